The molecule has 0 radical (unpaired) electrons. The Morgan fingerprint density at radius 2 is 2.00 bits per heavy atom. The minimum Gasteiger partial charge on any atom is -0.320 e. The molecular weight excluding hydrogens is 215 g/mol. The van der Waals surface area contributed by atoms with E-state index in [1.54, 1.807) is 0 Å². The van der Waals surface area contributed by atoms with Gasteiger partial charge in [0, 0.05) is 0 Å². The molecule has 1 nitrogen and oxygen atoms in total. The van der Waals surface area contributed by atoms with Gasteiger partial charge in [0.1, 0.15) is 6.04 Å². The van der Waals surface area contributed by atoms with Crippen LogP contribution in [0.5, 0.6) is 0 Å². The Bertz CT molecular complexity index is 333. The normalized spacial score (nSPS) is 13.8. The maximum Gasteiger partial charge on any atom is 0.403 e. The van der Waals surface area contributed by atoms with Crippen molar-refractivity contribution in [2.45, 2.75) is 38.4 Å². The lowest BCUT2D eigenvalue weighted by molar-refractivity contribution is -0.149. The minimum atomic E-state index is -4.27. The van der Waals surface area contributed by atoms with Gasteiger partial charge in [0.2, 0.25) is 0 Å². The summed E-state index contributed by atoms with van der Waals surface area (Å²) in [6.45, 7) is 1.96. The van der Waals surface area contributed by atoms with Crippen molar-refractivity contribution in [2.75, 3.05) is 0 Å². The summed E-state index contributed by atoms with van der Waals surface area (Å²) in [4.78, 5) is 0. The lowest BCUT2D eigenvalue weighted by Gasteiger charge is -2.15. The number of nitrogens with two attached hydrogens (primary N) is 1. The molecule has 0 bridgehead atoms. The first-order valence-electron chi connectivity index (χ1n) is 5.27. The molecule has 0 spiro atoms. The van der Waals surface area contributed by atoms with Gasteiger partial charge in [0.05, 0.1) is 0 Å². The smallest absolute Gasteiger partial charge is 0.320 e. The second kappa shape index (κ2) is 5.34. The van der Waals surface area contributed by atoms with Gasteiger partial charge in [-0.15, -0.1) is 0 Å². The molecule has 0 heterocycles. The highest BCUT2D eigenvalue weighted by molar-refractivity contribution is 5.22. The molecule has 0 aromatic heterocycles. The van der Waals surface area contributed by atoms with Gasteiger partial charge in [-0.2, -0.15) is 13.2 Å². The van der Waals surface area contributed by atoms with E-state index in [9.17, 15) is 13.2 Å². The molecule has 0 amide bonds. The Hall–Kier alpha value is -1.03. The van der Waals surface area contributed by atoms with Crippen LogP contribution in [-0.2, 0) is 6.42 Å². The van der Waals surface area contributed by atoms with E-state index in [0.29, 0.717) is 12.8 Å². The molecule has 0 saturated carbocycles. The van der Waals surface area contributed by atoms with Crippen molar-refractivity contribution >= 4 is 0 Å². The van der Waals surface area contributed by atoms with Gasteiger partial charge in [-0.05, 0) is 31.7 Å². The second-order valence-electron chi connectivity index (χ2n) is 4.03. The lowest BCUT2D eigenvalue weighted by atomic mass is 10.0. The van der Waals surface area contributed by atoms with Crippen molar-refractivity contribution in [3.05, 3.63) is 35.4 Å². The SMILES string of the molecule is Cc1cccc(CCC[C@H](N)C(F)(F)F)c1. The number of hydrogen-bond acceptors (Lipinski definition) is 1. The van der Waals surface area contributed by atoms with Gasteiger partial charge in [-0.1, -0.05) is 29.8 Å². The topological polar surface area (TPSA) is 26.0 Å². The average molecular weight is 231 g/mol. The zero-order chi connectivity index (χ0) is 12.2. The van der Waals surface area contributed by atoms with E-state index in [0.717, 1.165) is 11.1 Å². The lowest BCUT2D eigenvalue weighted by Crippen LogP contribution is -2.37. The Morgan fingerprint density at radius 1 is 1.31 bits per heavy atom. The van der Waals surface area contributed by atoms with Gasteiger partial charge < -0.3 is 5.73 Å². The molecule has 0 saturated heterocycles. The molecule has 0 aliphatic rings. The van der Waals surface area contributed by atoms with Gasteiger partial charge in [-0.25, -0.2) is 0 Å². The van der Waals surface area contributed by atoms with E-state index in [-0.39, 0.29) is 6.42 Å². The predicted octanol–water partition coefficient (Wildman–Crippen LogP) is 3.21. The summed E-state index contributed by atoms with van der Waals surface area (Å²) >= 11 is 0. The highest BCUT2D eigenvalue weighted by atomic mass is 19.4. The molecule has 0 fully saturated rings. The monoisotopic (exact) mass is 231 g/mol. The van der Waals surface area contributed by atoms with Gasteiger partial charge in [0.15, 0.2) is 0 Å². The number of benzene rings is 1. The number of alkyl halides is 3. The van der Waals surface area contributed by atoms with E-state index in [4.69, 9.17) is 5.73 Å². The molecule has 1 atom stereocenters. The van der Waals surface area contributed by atoms with Crippen molar-refractivity contribution in [1.82, 2.24) is 0 Å². The van der Waals surface area contributed by atoms with Crippen molar-refractivity contribution in [3.63, 3.8) is 0 Å². The first-order valence-corrected chi connectivity index (χ1v) is 5.27. The molecule has 0 aliphatic heterocycles. The van der Waals surface area contributed by atoms with Crippen LogP contribution in [0, 0.1) is 6.92 Å². The van der Waals surface area contributed by atoms with Crippen LogP contribution in [0.3, 0.4) is 0 Å². The number of aryl methyl sites for hydroxylation is 2. The third-order valence-corrected chi connectivity index (χ3v) is 2.48. The molecule has 1 aromatic carbocycles. The molecule has 2 N–H and O–H groups in total. The van der Waals surface area contributed by atoms with Crippen molar-refractivity contribution in [3.8, 4) is 0 Å². The molecule has 4 heteroatoms. The van der Waals surface area contributed by atoms with Crippen LogP contribution in [-0.4, -0.2) is 12.2 Å². The molecule has 0 aliphatic carbocycles. The van der Waals surface area contributed by atoms with Crippen LogP contribution in [0.15, 0.2) is 24.3 Å². The Labute approximate surface area is 93.5 Å². The molecule has 1 rings (SSSR count). The summed E-state index contributed by atoms with van der Waals surface area (Å²) in [5, 5.41) is 0. The maximum atomic E-state index is 12.1. The molecule has 16 heavy (non-hydrogen) atoms. The summed E-state index contributed by atoms with van der Waals surface area (Å²) in [6.07, 6.45) is -3.18. The first kappa shape index (κ1) is 13.0. The number of rotatable bonds is 4. The summed E-state index contributed by atoms with van der Waals surface area (Å²) in [5.41, 5.74) is 7.21. The van der Waals surface area contributed by atoms with Gasteiger partial charge >= 0.3 is 6.18 Å². The fraction of sp³-hybridized carbons (Fsp3) is 0.500. The Morgan fingerprint density at radius 3 is 2.56 bits per heavy atom. The zero-order valence-corrected chi connectivity index (χ0v) is 9.22. The van der Waals surface area contributed by atoms with E-state index in [1.807, 2.05) is 31.2 Å². The summed E-state index contributed by atoms with van der Waals surface area (Å²) in [6, 6.07) is 6.09. The Kier molecular flexibility index (Phi) is 4.35. The largest absolute Gasteiger partial charge is 0.403 e. The number of halogens is 3. The Balaban J connectivity index is 2.36. The van der Waals surface area contributed by atoms with E-state index >= 15 is 0 Å². The number of hydrogen-bond donors (Lipinski definition) is 1. The van der Waals surface area contributed by atoms with Crippen LogP contribution >= 0.6 is 0 Å². The molecule has 0 unspecified atom stereocenters. The summed E-state index contributed by atoms with van der Waals surface area (Å²) in [5.74, 6) is 0. The molecule has 1 aromatic rings. The molecule has 90 valence electrons. The average Bonchev–Trinajstić information content (AvgIpc) is 2.16. The summed E-state index contributed by atoms with van der Waals surface area (Å²) in [7, 11) is 0. The predicted molar refractivity (Wildman–Crippen MR) is 58.1 cm³/mol. The minimum absolute atomic E-state index is 0.0164. The quantitative estimate of drug-likeness (QED) is 0.846. The van der Waals surface area contributed by atoms with Gasteiger partial charge in [0.25, 0.3) is 0 Å². The van der Waals surface area contributed by atoms with E-state index in [2.05, 4.69) is 0 Å². The fourth-order valence-corrected chi connectivity index (χ4v) is 1.56. The van der Waals surface area contributed by atoms with Crippen molar-refractivity contribution in [1.29, 1.82) is 0 Å². The van der Waals surface area contributed by atoms with Gasteiger partial charge in [-0.3, -0.25) is 0 Å². The second-order valence-corrected chi connectivity index (χ2v) is 4.03. The maximum absolute atomic E-state index is 12.1. The van der Waals surface area contributed by atoms with Crippen molar-refractivity contribution in [2.24, 2.45) is 5.73 Å². The van der Waals surface area contributed by atoms with E-state index < -0.39 is 12.2 Å². The molecular formula is C12H16F3N. The summed E-state index contributed by atoms with van der Waals surface area (Å²) < 4.78 is 36.3. The van der Waals surface area contributed by atoms with E-state index in [1.165, 1.54) is 0 Å². The van der Waals surface area contributed by atoms with Crippen LogP contribution in [0.1, 0.15) is 24.0 Å². The highest BCUT2D eigenvalue weighted by Crippen LogP contribution is 2.22. The first-order chi connectivity index (χ1) is 7.39. The third-order valence-electron chi connectivity index (χ3n) is 2.48. The third kappa shape index (κ3) is 4.23. The van der Waals surface area contributed by atoms with Crippen LogP contribution in [0.2, 0.25) is 0 Å². The van der Waals surface area contributed by atoms with Crippen LogP contribution in [0.25, 0.3) is 0 Å². The van der Waals surface area contributed by atoms with Crippen molar-refractivity contribution < 1.29 is 13.2 Å². The highest BCUT2D eigenvalue weighted by Gasteiger charge is 2.35. The van der Waals surface area contributed by atoms with Crippen LogP contribution in [0.4, 0.5) is 13.2 Å². The standard InChI is InChI=1S/C12H16F3N/c1-9-4-2-5-10(8-9)6-3-7-11(16)12(13,14)15/h2,4-5,8,11H,3,6-7,16H2,1H3/t11-/m0/s1. The van der Waals surface area contributed by atoms with Crippen LogP contribution < -0.4 is 5.73 Å². The zero-order valence-electron chi connectivity index (χ0n) is 9.22. The fourth-order valence-electron chi connectivity index (χ4n) is 1.56.